The second kappa shape index (κ2) is 9.03. The van der Waals surface area contributed by atoms with Crippen LogP contribution in [0.3, 0.4) is 0 Å². The number of benzene rings is 3. The molecule has 0 bridgehead atoms. The normalized spacial score (nSPS) is 16.6. The average molecular weight is 483 g/mol. The number of para-hydroxylation sites is 3. The number of carbonyl (C=O) groups is 2. The summed E-state index contributed by atoms with van der Waals surface area (Å²) in [4.78, 5) is 35.0. The second-order valence-corrected chi connectivity index (χ2v) is 8.96. The Kier molecular flexibility index (Phi) is 5.56. The second-order valence-electron chi connectivity index (χ2n) is 8.96. The fourth-order valence-electron chi connectivity index (χ4n) is 5.09. The monoisotopic (exact) mass is 482 g/mol. The maximum atomic E-state index is 13.5. The first kappa shape index (κ1) is 22.2. The van der Waals surface area contributed by atoms with Crippen LogP contribution in [0.2, 0.25) is 0 Å². The van der Waals surface area contributed by atoms with E-state index >= 15 is 0 Å². The number of fused-ring (bicyclic) bond motifs is 2. The largest absolute Gasteiger partial charge is 0.454 e. The van der Waals surface area contributed by atoms with Gasteiger partial charge in [0.25, 0.3) is 0 Å². The minimum atomic E-state index is -0.144. The molecule has 1 atom stereocenters. The SMILES string of the molecule is CCN(C(=O)Cn1c(C2CC(=O)N(c3ccc4c(c3)OCO4)C2)nc2ccccc21)c1ccccc1. The summed E-state index contributed by atoms with van der Waals surface area (Å²) >= 11 is 0. The number of ether oxygens (including phenoxy) is 2. The summed E-state index contributed by atoms with van der Waals surface area (Å²) in [6, 6.07) is 23.0. The van der Waals surface area contributed by atoms with Gasteiger partial charge in [-0.15, -0.1) is 0 Å². The molecule has 1 unspecified atom stereocenters. The number of anilines is 2. The Labute approximate surface area is 208 Å². The fraction of sp³-hybridized carbons (Fsp3) is 0.250. The lowest BCUT2D eigenvalue weighted by Gasteiger charge is -2.23. The van der Waals surface area contributed by atoms with E-state index in [0.717, 1.165) is 28.2 Å². The van der Waals surface area contributed by atoms with Gasteiger partial charge in [-0.25, -0.2) is 4.98 Å². The molecule has 6 rings (SSSR count). The van der Waals surface area contributed by atoms with E-state index in [-0.39, 0.29) is 31.1 Å². The first-order valence-electron chi connectivity index (χ1n) is 12.1. The van der Waals surface area contributed by atoms with Gasteiger partial charge in [0.05, 0.1) is 11.0 Å². The third kappa shape index (κ3) is 3.84. The van der Waals surface area contributed by atoms with Gasteiger partial charge in [0, 0.05) is 42.9 Å². The van der Waals surface area contributed by atoms with Crippen LogP contribution in [0.15, 0.2) is 72.8 Å². The summed E-state index contributed by atoms with van der Waals surface area (Å²) in [5.74, 6) is 1.93. The van der Waals surface area contributed by atoms with Gasteiger partial charge in [-0.3, -0.25) is 9.59 Å². The molecule has 0 aliphatic carbocycles. The number of amides is 2. The lowest BCUT2D eigenvalue weighted by molar-refractivity contribution is -0.119. The smallest absolute Gasteiger partial charge is 0.246 e. The van der Waals surface area contributed by atoms with E-state index in [9.17, 15) is 9.59 Å². The third-order valence-corrected chi connectivity index (χ3v) is 6.82. The molecule has 3 heterocycles. The van der Waals surface area contributed by atoms with Crippen LogP contribution in [0.4, 0.5) is 11.4 Å². The number of aromatic nitrogens is 2. The molecule has 1 aromatic heterocycles. The lowest BCUT2D eigenvalue weighted by atomic mass is 10.1. The van der Waals surface area contributed by atoms with E-state index in [1.54, 1.807) is 9.80 Å². The Morgan fingerprint density at radius 2 is 1.81 bits per heavy atom. The van der Waals surface area contributed by atoms with E-state index < -0.39 is 0 Å². The van der Waals surface area contributed by atoms with Crippen LogP contribution >= 0.6 is 0 Å². The molecule has 2 aliphatic rings. The van der Waals surface area contributed by atoms with E-state index in [0.29, 0.717) is 31.0 Å². The highest BCUT2D eigenvalue weighted by Crippen LogP contribution is 2.39. The molecule has 0 radical (unpaired) electrons. The van der Waals surface area contributed by atoms with Crippen molar-refractivity contribution in [3.63, 3.8) is 0 Å². The first-order chi connectivity index (χ1) is 17.6. The van der Waals surface area contributed by atoms with Gasteiger partial charge in [-0.2, -0.15) is 0 Å². The number of carbonyl (C=O) groups excluding carboxylic acids is 2. The topological polar surface area (TPSA) is 76.9 Å². The summed E-state index contributed by atoms with van der Waals surface area (Å²) in [6.07, 6.45) is 0.322. The zero-order valence-corrected chi connectivity index (χ0v) is 20.0. The Morgan fingerprint density at radius 3 is 2.64 bits per heavy atom. The standard InChI is InChI=1S/C28H26N4O4/c1-2-30(20-8-4-3-5-9-20)27(34)17-32-23-11-7-6-10-22(23)29-28(32)19-14-26(33)31(16-19)21-12-13-24-25(15-21)36-18-35-24/h3-13,15,19H,2,14,16-18H2,1H3. The molecule has 8 heteroatoms. The van der Waals surface area contributed by atoms with Crippen molar-refractivity contribution >= 4 is 34.2 Å². The number of hydrogen-bond acceptors (Lipinski definition) is 5. The zero-order chi connectivity index (χ0) is 24.6. The van der Waals surface area contributed by atoms with Crippen molar-refractivity contribution in [3.05, 3.63) is 78.6 Å². The molecule has 1 fully saturated rings. The molecule has 0 saturated carbocycles. The molecule has 8 nitrogen and oxygen atoms in total. The van der Waals surface area contributed by atoms with E-state index in [1.807, 2.05) is 84.3 Å². The third-order valence-electron chi connectivity index (χ3n) is 6.82. The minimum Gasteiger partial charge on any atom is -0.454 e. The highest BCUT2D eigenvalue weighted by atomic mass is 16.7. The molecule has 182 valence electrons. The van der Waals surface area contributed by atoms with Gasteiger partial charge < -0.3 is 23.8 Å². The van der Waals surface area contributed by atoms with Crippen molar-refractivity contribution in [1.29, 1.82) is 0 Å². The maximum absolute atomic E-state index is 13.5. The van der Waals surface area contributed by atoms with Crippen molar-refractivity contribution in [1.82, 2.24) is 9.55 Å². The summed E-state index contributed by atoms with van der Waals surface area (Å²) < 4.78 is 12.9. The van der Waals surface area contributed by atoms with Gasteiger partial charge >= 0.3 is 0 Å². The molecule has 0 N–H and O–H groups in total. The van der Waals surface area contributed by atoms with E-state index in [1.165, 1.54) is 0 Å². The molecule has 1 saturated heterocycles. The number of nitrogens with zero attached hydrogens (tertiary/aromatic N) is 4. The van der Waals surface area contributed by atoms with Crippen LogP contribution in [0, 0.1) is 0 Å². The molecule has 4 aromatic rings. The van der Waals surface area contributed by atoms with Crippen LogP contribution < -0.4 is 19.3 Å². The first-order valence-corrected chi connectivity index (χ1v) is 12.1. The van der Waals surface area contributed by atoms with Gasteiger partial charge in [-0.05, 0) is 43.3 Å². The predicted molar refractivity (Wildman–Crippen MR) is 136 cm³/mol. The molecule has 3 aromatic carbocycles. The molecule has 36 heavy (non-hydrogen) atoms. The number of likely N-dealkylation sites (N-methyl/N-ethyl adjacent to an activating group) is 1. The van der Waals surface area contributed by atoms with Gasteiger partial charge in [-0.1, -0.05) is 30.3 Å². The van der Waals surface area contributed by atoms with Crippen LogP contribution in [-0.4, -0.2) is 41.2 Å². The van der Waals surface area contributed by atoms with Crippen molar-refractivity contribution in [3.8, 4) is 11.5 Å². The van der Waals surface area contributed by atoms with E-state index in [2.05, 4.69) is 0 Å². The Balaban J connectivity index is 1.32. The van der Waals surface area contributed by atoms with Crippen LogP contribution in [0.5, 0.6) is 11.5 Å². The van der Waals surface area contributed by atoms with Crippen molar-refractivity contribution < 1.29 is 19.1 Å². The maximum Gasteiger partial charge on any atom is 0.246 e. The number of imidazole rings is 1. The number of rotatable bonds is 6. The lowest BCUT2D eigenvalue weighted by Crippen LogP contribution is -2.34. The van der Waals surface area contributed by atoms with Gasteiger partial charge in [0.1, 0.15) is 12.4 Å². The van der Waals surface area contributed by atoms with Gasteiger partial charge in [0.15, 0.2) is 11.5 Å². The van der Waals surface area contributed by atoms with Crippen molar-refractivity contribution in [2.24, 2.45) is 0 Å². The van der Waals surface area contributed by atoms with Crippen molar-refractivity contribution in [2.45, 2.75) is 25.8 Å². The Morgan fingerprint density at radius 1 is 1.03 bits per heavy atom. The molecule has 2 amide bonds. The predicted octanol–water partition coefficient (Wildman–Crippen LogP) is 4.34. The highest BCUT2D eigenvalue weighted by molar-refractivity contribution is 5.97. The Hall–Kier alpha value is -4.33. The zero-order valence-electron chi connectivity index (χ0n) is 20.0. The molecule has 0 spiro atoms. The summed E-state index contributed by atoms with van der Waals surface area (Å²) in [6.45, 7) is 3.34. The fourth-order valence-corrected chi connectivity index (χ4v) is 5.09. The summed E-state index contributed by atoms with van der Waals surface area (Å²) in [5.41, 5.74) is 3.34. The quantitative estimate of drug-likeness (QED) is 0.409. The number of hydrogen-bond donors (Lipinski definition) is 0. The van der Waals surface area contributed by atoms with Crippen LogP contribution in [-0.2, 0) is 16.1 Å². The molecular formula is C28H26N4O4. The Bertz CT molecular complexity index is 1450. The summed E-state index contributed by atoms with van der Waals surface area (Å²) in [7, 11) is 0. The molecule has 2 aliphatic heterocycles. The summed E-state index contributed by atoms with van der Waals surface area (Å²) in [5, 5.41) is 0. The molecular weight excluding hydrogens is 456 g/mol. The van der Waals surface area contributed by atoms with E-state index in [4.69, 9.17) is 14.5 Å². The average Bonchev–Trinajstić information content (AvgIpc) is 3.62. The van der Waals surface area contributed by atoms with Crippen LogP contribution in [0.1, 0.15) is 25.1 Å². The minimum absolute atomic E-state index is 0.0169. The van der Waals surface area contributed by atoms with Gasteiger partial charge in [0.2, 0.25) is 18.6 Å². The van der Waals surface area contributed by atoms with Crippen molar-refractivity contribution in [2.75, 3.05) is 29.7 Å². The van der Waals surface area contributed by atoms with Crippen LogP contribution in [0.25, 0.3) is 11.0 Å². The highest BCUT2D eigenvalue weighted by Gasteiger charge is 2.36.